The fourth-order valence-electron chi connectivity index (χ4n) is 2.33. The van der Waals surface area contributed by atoms with Crippen LogP contribution in [0.2, 0.25) is 5.02 Å². The lowest BCUT2D eigenvalue weighted by Gasteiger charge is -2.04. The Morgan fingerprint density at radius 3 is 2.78 bits per heavy atom. The number of nitro groups is 1. The maximum Gasteiger partial charge on any atom is 0.288 e. The smallest absolute Gasteiger partial charge is 0.288 e. The van der Waals surface area contributed by atoms with E-state index in [0.29, 0.717) is 22.8 Å². The predicted octanol–water partition coefficient (Wildman–Crippen LogP) is 4.45. The zero-order valence-corrected chi connectivity index (χ0v) is 15.7. The van der Waals surface area contributed by atoms with E-state index in [1.165, 1.54) is 23.0 Å². The summed E-state index contributed by atoms with van der Waals surface area (Å²) in [5, 5.41) is 22.3. The number of nitrogens with one attached hydrogen (secondary N) is 1. The molecule has 27 heavy (non-hydrogen) atoms. The van der Waals surface area contributed by atoms with Crippen molar-refractivity contribution in [3.8, 4) is 17.1 Å². The van der Waals surface area contributed by atoms with Crippen LogP contribution in [0.1, 0.15) is 12.5 Å². The summed E-state index contributed by atoms with van der Waals surface area (Å²) < 4.78 is 7.15. The summed E-state index contributed by atoms with van der Waals surface area (Å²) in [6.45, 7) is 2.49. The van der Waals surface area contributed by atoms with Gasteiger partial charge in [0, 0.05) is 17.2 Å². The van der Waals surface area contributed by atoms with Crippen LogP contribution >= 0.6 is 23.8 Å². The minimum absolute atomic E-state index is 0.0622. The number of aromatic amines is 1. The molecule has 2 aromatic carbocycles. The van der Waals surface area contributed by atoms with E-state index in [-0.39, 0.29) is 10.7 Å². The van der Waals surface area contributed by atoms with Crippen molar-refractivity contribution in [2.75, 3.05) is 6.61 Å². The molecule has 0 saturated heterocycles. The molecular formula is C17H14ClN5O3S. The lowest BCUT2D eigenvalue weighted by Crippen LogP contribution is -1.96. The van der Waals surface area contributed by atoms with Gasteiger partial charge in [-0.25, -0.2) is 5.10 Å². The molecule has 0 aliphatic rings. The molecule has 1 N–H and O–H groups in total. The number of aromatic nitrogens is 3. The third-order valence-electron chi connectivity index (χ3n) is 3.56. The van der Waals surface area contributed by atoms with Crippen LogP contribution in [0.5, 0.6) is 5.75 Å². The minimum Gasteiger partial charge on any atom is -0.494 e. The number of benzene rings is 2. The number of halogens is 1. The fourth-order valence-corrected chi connectivity index (χ4v) is 2.69. The molecule has 1 heterocycles. The van der Waals surface area contributed by atoms with E-state index in [2.05, 4.69) is 15.3 Å². The highest BCUT2D eigenvalue weighted by atomic mass is 35.5. The van der Waals surface area contributed by atoms with Gasteiger partial charge in [-0.1, -0.05) is 17.7 Å². The number of H-pyrrole nitrogens is 1. The molecule has 138 valence electrons. The van der Waals surface area contributed by atoms with Crippen LogP contribution in [0.25, 0.3) is 11.4 Å². The van der Waals surface area contributed by atoms with Crippen LogP contribution < -0.4 is 4.74 Å². The molecule has 0 bridgehead atoms. The molecule has 0 amide bonds. The van der Waals surface area contributed by atoms with Crippen LogP contribution in [0, 0.1) is 14.9 Å². The Hall–Kier alpha value is -3.04. The van der Waals surface area contributed by atoms with Crippen molar-refractivity contribution in [2.24, 2.45) is 5.10 Å². The summed E-state index contributed by atoms with van der Waals surface area (Å²) in [6, 6.07) is 11.7. The minimum atomic E-state index is -0.547. The quantitative estimate of drug-likeness (QED) is 0.284. The average molecular weight is 404 g/mol. The Labute approximate surface area is 164 Å². The standard InChI is InChI=1S/C17H14ClN5O3S/c1-2-26-13-6-4-12(5-7-13)16-20-21-17(27)22(16)19-10-11-3-8-14(18)15(9-11)23(24)25/h3-10H,2H2,1H3,(H,21,27). The van der Waals surface area contributed by atoms with Gasteiger partial charge in [0.05, 0.1) is 17.7 Å². The summed E-state index contributed by atoms with van der Waals surface area (Å²) in [6.07, 6.45) is 1.45. The van der Waals surface area contributed by atoms with Crippen LogP contribution in [-0.2, 0) is 0 Å². The van der Waals surface area contributed by atoms with Gasteiger partial charge in [0.15, 0.2) is 5.82 Å². The number of nitro benzene ring substituents is 1. The van der Waals surface area contributed by atoms with Crippen LogP contribution in [-0.4, -0.2) is 32.6 Å². The van der Waals surface area contributed by atoms with Crippen molar-refractivity contribution in [2.45, 2.75) is 6.92 Å². The molecule has 1 aromatic heterocycles. The highest BCUT2D eigenvalue weighted by Gasteiger charge is 2.12. The molecule has 3 rings (SSSR count). The van der Waals surface area contributed by atoms with E-state index in [4.69, 9.17) is 28.6 Å². The molecule has 0 aliphatic carbocycles. The molecular weight excluding hydrogens is 390 g/mol. The topological polar surface area (TPSA) is 98.3 Å². The molecule has 10 heteroatoms. The molecule has 0 fully saturated rings. The fraction of sp³-hybridized carbons (Fsp3) is 0.118. The lowest BCUT2D eigenvalue weighted by molar-refractivity contribution is -0.384. The van der Waals surface area contributed by atoms with Gasteiger partial charge < -0.3 is 4.74 Å². The first-order valence-corrected chi connectivity index (χ1v) is 8.67. The van der Waals surface area contributed by atoms with Gasteiger partial charge in [-0.2, -0.15) is 14.9 Å². The van der Waals surface area contributed by atoms with Crippen molar-refractivity contribution < 1.29 is 9.66 Å². The second-order valence-corrected chi connectivity index (χ2v) is 6.13. The highest BCUT2D eigenvalue weighted by molar-refractivity contribution is 7.71. The summed E-state index contributed by atoms with van der Waals surface area (Å²) in [7, 11) is 0. The van der Waals surface area contributed by atoms with E-state index in [9.17, 15) is 10.1 Å². The van der Waals surface area contributed by atoms with E-state index in [0.717, 1.165) is 11.3 Å². The largest absolute Gasteiger partial charge is 0.494 e. The first kappa shape index (κ1) is 18.7. The van der Waals surface area contributed by atoms with E-state index in [1.807, 2.05) is 31.2 Å². The average Bonchev–Trinajstić information content (AvgIpc) is 3.02. The molecule has 8 nitrogen and oxygen atoms in total. The predicted molar refractivity (Wildman–Crippen MR) is 105 cm³/mol. The van der Waals surface area contributed by atoms with Gasteiger partial charge in [0.25, 0.3) is 5.69 Å². The van der Waals surface area contributed by atoms with E-state index in [1.54, 1.807) is 6.07 Å². The maximum absolute atomic E-state index is 11.0. The van der Waals surface area contributed by atoms with Crippen molar-refractivity contribution in [3.63, 3.8) is 0 Å². The van der Waals surface area contributed by atoms with Gasteiger partial charge in [0.2, 0.25) is 4.77 Å². The molecule has 0 unspecified atom stereocenters. The van der Waals surface area contributed by atoms with E-state index < -0.39 is 4.92 Å². The van der Waals surface area contributed by atoms with Crippen molar-refractivity contribution in [1.29, 1.82) is 0 Å². The Balaban J connectivity index is 1.93. The van der Waals surface area contributed by atoms with Crippen molar-refractivity contribution >= 4 is 35.7 Å². The van der Waals surface area contributed by atoms with Crippen LogP contribution in [0.3, 0.4) is 0 Å². The summed E-state index contributed by atoms with van der Waals surface area (Å²) in [5.41, 5.74) is 1.10. The zero-order chi connectivity index (χ0) is 19.4. The Bertz CT molecular complexity index is 1060. The number of hydrogen-bond acceptors (Lipinski definition) is 6. The first-order valence-electron chi connectivity index (χ1n) is 7.88. The SMILES string of the molecule is CCOc1ccc(-c2n[nH]c(=S)n2N=Cc2ccc(Cl)c([N+](=O)[O-])c2)cc1. The first-order chi connectivity index (χ1) is 13.0. The lowest BCUT2D eigenvalue weighted by atomic mass is 10.2. The monoisotopic (exact) mass is 403 g/mol. The Morgan fingerprint density at radius 2 is 2.11 bits per heavy atom. The number of rotatable bonds is 6. The Morgan fingerprint density at radius 1 is 1.37 bits per heavy atom. The highest BCUT2D eigenvalue weighted by Crippen LogP contribution is 2.25. The molecule has 0 spiro atoms. The molecule has 0 aliphatic heterocycles. The van der Waals surface area contributed by atoms with Gasteiger partial charge >= 0.3 is 0 Å². The van der Waals surface area contributed by atoms with Gasteiger partial charge in [-0.15, -0.1) is 0 Å². The number of nitrogens with zero attached hydrogens (tertiary/aromatic N) is 4. The van der Waals surface area contributed by atoms with Crippen molar-refractivity contribution in [3.05, 3.63) is 67.9 Å². The second-order valence-electron chi connectivity index (χ2n) is 5.33. The van der Waals surface area contributed by atoms with Gasteiger partial charge in [-0.05, 0) is 49.5 Å². The van der Waals surface area contributed by atoms with Crippen LogP contribution in [0.15, 0.2) is 47.6 Å². The molecule has 0 saturated carbocycles. The Kier molecular flexibility index (Phi) is 5.63. The third-order valence-corrected chi connectivity index (χ3v) is 4.15. The molecule has 3 aromatic rings. The van der Waals surface area contributed by atoms with Gasteiger partial charge in [0.1, 0.15) is 10.8 Å². The molecule has 0 radical (unpaired) electrons. The summed E-state index contributed by atoms with van der Waals surface area (Å²) >= 11 is 11.0. The third kappa shape index (κ3) is 4.21. The second kappa shape index (κ2) is 8.11. The maximum atomic E-state index is 11.0. The number of hydrogen-bond donors (Lipinski definition) is 1. The normalized spacial score (nSPS) is 11.0. The van der Waals surface area contributed by atoms with Crippen molar-refractivity contribution in [1.82, 2.24) is 14.9 Å². The van der Waals surface area contributed by atoms with Crippen LogP contribution in [0.4, 0.5) is 5.69 Å². The van der Waals surface area contributed by atoms with Gasteiger partial charge in [-0.3, -0.25) is 10.1 Å². The molecule has 0 atom stereocenters. The number of ether oxygens (including phenoxy) is 1. The summed E-state index contributed by atoms with van der Waals surface area (Å²) in [4.78, 5) is 10.5. The zero-order valence-electron chi connectivity index (χ0n) is 14.1. The summed E-state index contributed by atoms with van der Waals surface area (Å²) in [5.74, 6) is 1.25. The van der Waals surface area contributed by atoms with E-state index >= 15 is 0 Å².